The molecular formula is C28H26O6. The van der Waals surface area contributed by atoms with Crippen LogP contribution in [-0.2, 0) is 25.7 Å². The van der Waals surface area contributed by atoms with Gasteiger partial charge in [-0.1, -0.05) is 30.3 Å². The Bertz CT molecular complexity index is 1270. The van der Waals surface area contributed by atoms with Gasteiger partial charge >= 0.3 is 0 Å². The van der Waals surface area contributed by atoms with Gasteiger partial charge in [0.2, 0.25) is 0 Å². The van der Waals surface area contributed by atoms with Crippen LogP contribution in [0, 0.1) is 0 Å². The van der Waals surface area contributed by atoms with Gasteiger partial charge in [0.25, 0.3) is 0 Å². The summed E-state index contributed by atoms with van der Waals surface area (Å²) in [5, 5.41) is 48.8. The Hall–Kier alpha value is -4.32. The molecular weight excluding hydrogens is 432 g/mol. The van der Waals surface area contributed by atoms with E-state index in [9.17, 15) is 25.5 Å². The van der Waals surface area contributed by atoms with E-state index in [0.29, 0.717) is 29.9 Å². The van der Waals surface area contributed by atoms with Gasteiger partial charge in [0.15, 0.2) is 28.7 Å². The van der Waals surface area contributed by atoms with Gasteiger partial charge in [0, 0.05) is 0 Å². The molecule has 4 aromatic carbocycles. The molecule has 0 aliphatic rings. The fraction of sp³-hybridized carbons (Fsp3) is 0.143. The average molecular weight is 459 g/mol. The second-order valence-corrected chi connectivity index (χ2v) is 8.20. The number of hydrogen-bond acceptors (Lipinski definition) is 6. The van der Waals surface area contributed by atoms with E-state index in [-0.39, 0.29) is 23.0 Å². The van der Waals surface area contributed by atoms with Gasteiger partial charge < -0.3 is 30.3 Å². The normalized spacial score (nSPS) is 10.8. The molecule has 0 spiro atoms. The molecule has 0 radical (unpaired) electrons. The molecule has 4 rings (SSSR count). The molecule has 0 saturated carbocycles. The van der Waals surface area contributed by atoms with Crippen LogP contribution in [-0.4, -0.2) is 25.5 Å². The maximum Gasteiger partial charge on any atom is 0.200 e. The number of phenolic OH excluding ortho intramolecular Hbond substituents is 5. The molecule has 0 aliphatic heterocycles. The topological polar surface area (TPSA) is 110 Å². The Morgan fingerprint density at radius 3 is 1.76 bits per heavy atom. The Balaban J connectivity index is 1.42. The average Bonchev–Trinajstić information content (AvgIpc) is 2.82. The van der Waals surface area contributed by atoms with Crippen molar-refractivity contribution in [3.8, 4) is 40.2 Å². The number of benzene rings is 4. The predicted molar refractivity (Wildman–Crippen MR) is 129 cm³/mol. The molecule has 0 aliphatic carbocycles. The van der Waals surface area contributed by atoms with E-state index in [0.717, 1.165) is 29.5 Å². The summed E-state index contributed by atoms with van der Waals surface area (Å²) >= 11 is 0. The van der Waals surface area contributed by atoms with E-state index < -0.39 is 5.75 Å². The van der Waals surface area contributed by atoms with Crippen LogP contribution in [0.15, 0.2) is 78.9 Å². The van der Waals surface area contributed by atoms with Crippen molar-refractivity contribution in [2.45, 2.75) is 25.7 Å². The lowest BCUT2D eigenvalue weighted by molar-refractivity contribution is 0.367. The third-order valence-electron chi connectivity index (χ3n) is 5.60. The van der Waals surface area contributed by atoms with Gasteiger partial charge in [-0.3, -0.25) is 0 Å². The van der Waals surface area contributed by atoms with Gasteiger partial charge in [-0.15, -0.1) is 0 Å². The van der Waals surface area contributed by atoms with E-state index in [4.69, 9.17) is 4.74 Å². The predicted octanol–water partition coefficient (Wildman–Crippen LogP) is 5.58. The first-order valence-electron chi connectivity index (χ1n) is 11.0. The smallest absolute Gasteiger partial charge is 0.200 e. The van der Waals surface area contributed by atoms with Crippen LogP contribution >= 0.6 is 0 Å². The summed E-state index contributed by atoms with van der Waals surface area (Å²) in [6, 6.07) is 22.8. The summed E-state index contributed by atoms with van der Waals surface area (Å²) in [5.74, 6) is -0.0540. The molecule has 174 valence electrons. The summed E-state index contributed by atoms with van der Waals surface area (Å²) in [4.78, 5) is 0. The Labute approximate surface area is 197 Å². The van der Waals surface area contributed by atoms with Crippen LogP contribution in [0.5, 0.6) is 40.2 Å². The van der Waals surface area contributed by atoms with Crippen molar-refractivity contribution in [1.82, 2.24) is 0 Å². The summed E-state index contributed by atoms with van der Waals surface area (Å²) in [7, 11) is 0. The molecule has 0 heterocycles. The highest BCUT2D eigenvalue weighted by Gasteiger charge is 2.10. The molecule has 0 atom stereocenters. The Morgan fingerprint density at radius 1 is 0.500 bits per heavy atom. The molecule has 4 aromatic rings. The summed E-state index contributed by atoms with van der Waals surface area (Å²) in [5.41, 5.74) is 3.69. The standard InChI is InChI=1S/C28H26O6/c29-22-5-1-3-18(13-22)7-8-19-4-2-6-23(14-19)34-27-17-20(11-12-24(27)30)9-10-21-15-25(31)28(33)26(32)16-21/h1-6,11-17,29-33H,7-10H2. The summed E-state index contributed by atoms with van der Waals surface area (Å²) in [6.07, 6.45) is 2.64. The van der Waals surface area contributed by atoms with Crippen molar-refractivity contribution in [1.29, 1.82) is 0 Å². The molecule has 5 N–H and O–H groups in total. The quantitative estimate of drug-likeness (QED) is 0.221. The lowest BCUT2D eigenvalue weighted by Crippen LogP contribution is -1.94. The van der Waals surface area contributed by atoms with E-state index in [1.165, 1.54) is 12.1 Å². The molecule has 0 unspecified atom stereocenters. The largest absolute Gasteiger partial charge is 0.508 e. The lowest BCUT2D eigenvalue weighted by Gasteiger charge is -2.12. The second-order valence-electron chi connectivity index (χ2n) is 8.20. The minimum Gasteiger partial charge on any atom is -0.508 e. The Morgan fingerprint density at radius 2 is 1.09 bits per heavy atom. The fourth-order valence-electron chi connectivity index (χ4n) is 3.78. The molecule has 0 fully saturated rings. The van der Waals surface area contributed by atoms with Crippen molar-refractivity contribution in [2.75, 3.05) is 0 Å². The molecule has 0 bridgehead atoms. The highest BCUT2D eigenvalue weighted by molar-refractivity contribution is 5.51. The first-order valence-corrected chi connectivity index (χ1v) is 11.0. The second kappa shape index (κ2) is 10.1. The van der Waals surface area contributed by atoms with E-state index in [1.54, 1.807) is 30.3 Å². The maximum absolute atomic E-state index is 10.3. The first kappa shape index (κ1) is 22.9. The Kier molecular flexibility index (Phi) is 6.78. The van der Waals surface area contributed by atoms with Gasteiger partial charge in [-0.2, -0.15) is 0 Å². The highest BCUT2D eigenvalue weighted by atomic mass is 16.5. The van der Waals surface area contributed by atoms with Gasteiger partial charge in [-0.05, 0) is 96.5 Å². The number of aromatic hydroxyl groups is 5. The van der Waals surface area contributed by atoms with Crippen LogP contribution in [0.3, 0.4) is 0 Å². The van der Waals surface area contributed by atoms with Crippen molar-refractivity contribution in [2.24, 2.45) is 0 Å². The zero-order valence-corrected chi connectivity index (χ0v) is 18.5. The van der Waals surface area contributed by atoms with Gasteiger partial charge in [0.05, 0.1) is 0 Å². The van der Waals surface area contributed by atoms with Crippen molar-refractivity contribution < 1.29 is 30.3 Å². The first-order chi connectivity index (χ1) is 16.4. The molecule has 6 heteroatoms. The van der Waals surface area contributed by atoms with Crippen LogP contribution < -0.4 is 4.74 Å². The molecule has 6 nitrogen and oxygen atoms in total. The van der Waals surface area contributed by atoms with E-state index >= 15 is 0 Å². The van der Waals surface area contributed by atoms with E-state index in [2.05, 4.69) is 0 Å². The van der Waals surface area contributed by atoms with Crippen LogP contribution in [0.1, 0.15) is 22.3 Å². The number of aryl methyl sites for hydroxylation is 4. The van der Waals surface area contributed by atoms with Crippen molar-refractivity contribution in [3.63, 3.8) is 0 Å². The van der Waals surface area contributed by atoms with E-state index in [1.807, 2.05) is 36.4 Å². The third kappa shape index (κ3) is 5.72. The molecule has 0 amide bonds. The lowest BCUT2D eigenvalue weighted by atomic mass is 10.0. The summed E-state index contributed by atoms with van der Waals surface area (Å²) < 4.78 is 5.96. The zero-order valence-electron chi connectivity index (χ0n) is 18.5. The fourth-order valence-corrected chi connectivity index (χ4v) is 3.78. The monoisotopic (exact) mass is 458 g/mol. The van der Waals surface area contributed by atoms with Crippen LogP contribution in [0.25, 0.3) is 0 Å². The van der Waals surface area contributed by atoms with Crippen molar-refractivity contribution in [3.05, 3.63) is 101 Å². The molecule has 0 saturated heterocycles. The van der Waals surface area contributed by atoms with Crippen LogP contribution in [0.4, 0.5) is 0 Å². The summed E-state index contributed by atoms with van der Waals surface area (Å²) in [6.45, 7) is 0. The number of phenols is 5. The SMILES string of the molecule is Oc1cccc(CCc2cccc(Oc3cc(CCc4cc(O)c(O)c(O)c4)ccc3O)c2)c1. The number of hydrogen-bond donors (Lipinski definition) is 5. The third-order valence-corrected chi connectivity index (χ3v) is 5.60. The maximum atomic E-state index is 10.3. The minimum absolute atomic E-state index is 0.0221. The zero-order chi connectivity index (χ0) is 24.1. The minimum atomic E-state index is -0.534. The van der Waals surface area contributed by atoms with Crippen LogP contribution in [0.2, 0.25) is 0 Å². The number of ether oxygens (including phenoxy) is 1. The van der Waals surface area contributed by atoms with Gasteiger partial charge in [-0.25, -0.2) is 0 Å². The number of rotatable bonds is 8. The molecule has 34 heavy (non-hydrogen) atoms. The highest BCUT2D eigenvalue weighted by Crippen LogP contribution is 2.36. The van der Waals surface area contributed by atoms with Gasteiger partial charge in [0.1, 0.15) is 11.5 Å². The van der Waals surface area contributed by atoms with Crippen molar-refractivity contribution >= 4 is 0 Å². The molecule has 0 aromatic heterocycles.